The van der Waals surface area contributed by atoms with Gasteiger partial charge in [0.15, 0.2) is 5.75 Å². The van der Waals surface area contributed by atoms with E-state index in [1.54, 1.807) is 0 Å². The van der Waals surface area contributed by atoms with Gasteiger partial charge in [-0.1, -0.05) is 96.3 Å². The molecule has 0 radical (unpaired) electrons. The average Bonchev–Trinajstić information content (AvgIpc) is 2.61. The number of benzene rings is 1. The van der Waals surface area contributed by atoms with Gasteiger partial charge in [-0.15, -0.1) is 6.12 Å². The fraction of sp³-hybridized carbons (Fsp3) is 0.727. The Labute approximate surface area is 197 Å². The van der Waals surface area contributed by atoms with Crippen molar-refractivity contribution >= 4 is 30.6 Å². The molecule has 2 nitrogen and oxygen atoms in total. The van der Waals surface area contributed by atoms with Crippen molar-refractivity contribution in [3.8, 4) is 5.75 Å². The van der Waals surface area contributed by atoms with Crippen molar-refractivity contribution in [2.24, 2.45) is 0 Å². The Hall–Kier alpha value is 0.733. The van der Waals surface area contributed by atoms with Gasteiger partial charge in [0, 0.05) is 0 Å². The first kappa shape index (κ1) is 28.7. The van der Waals surface area contributed by atoms with E-state index < -0.39 is 6.12 Å². The molecule has 0 unspecified atom stereocenters. The van der Waals surface area contributed by atoms with Crippen LogP contribution < -0.4 is 9.42 Å². The molecule has 0 amide bonds. The third-order valence-electron chi connectivity index (χ3n) is 4.98. The second kappa shape index (κ2) is 17.4. The summed E-state index contributed by atoms with van der Waals surface area (Å²) < 4.78 is 5.64. The fourth-order valence-corrected chi connectivity index (χ4v) is 4.36. The van der Waals surface area contributed by atoms with Crippen molar-refractivity contribution in [3.63, 3.8) is 0 Å². The van der Waals surface area contributed by atoms with Crippen LogP contribution in [0.4, 0.5) is 0 Å². The average molecular weight is 494 g/mol. The number of unbranched alkanes of at least 4 members (excludes halogenated alkanes) is 10. The van der Waals surface area contributed by atoms with E-state index >= 15 is 0 Å². The molecule has 0 atom stereocenters. The van der Waals surface area contributed by atoms with Crippen molar-refractivity contribution in [2.75, 3.05) is 0 Å². The van der Waals surface area contributed by atoms with Crippen LogP contribution in [-0.2, 0) is 56.8 Å². The third-order valence-corrected chi connectivity index (χ3v) is 5.83. The molecule has 0 spiro atoms. The zero-order valence-electron chi connectivity index (χ0n) is 17.9. The molecule has 28 heavy (non-hydrogen) atoms. The summed E-state index contributed by atoms with van der Waals surface area (Å²) in [4.78, 5) is 12.0. The van der Waals surface area contributed by atoms with Crippen LogP contribution in [0.15, 0.2) is 18.2 Å². The van der Waals surface area contributed by atoms with E-state index in [9.17, 15) is 4.89 Å². The molecule has 0 aliphatic carbocycles. The Morgan fingerprint density at radius 1 is 0.750 bits per heavy atom. The minimum absolute atomic E-state index is 0. The molecule has 0 heterocycles. The molecule has 0 aliphatic rings. The summed E-state index contributed by atoms with van der Waals surface area (Å²) in [5.41, 5.74) is 2.23. The SMILES string of the molecule is CCCCCCCCc1cccc(CCCCCCCC)c1O[P+]([O-])([S-])[S-].[Zn+2]. The van der Waals surface area contributed by atoms with E-state index in [-0.39, 0.29) is 19.5 Å². The van der Waals surface area contributed by atoms with Gasteiger partial charge in [0.05, 0.1) is 0 Å². The molecule has 156 valence electrons. The number of hydrogen-bond donors (Lipinski definition) is 0. The minimum atomic E-state index is -3.38. The Balaban J connectivity index is 0.00000729. The van der Waals surface area contributed by atoms with Crippen LogP contribution in [0.1, 0.15) is 102 Å². The van der Waals surface area contributed by atoms with E-state index in [2.05, 4.69) is 32.0 Å². The maximum absolute atomic E-state index is 12.0. The molecule has 6 heteroatoms. The van der Waals surface area contributed by atoms with Crippen molar-refractivity contribution < 1.29 is 28.9 Å². The smallest absolute Gasteiger partial charge is 0.682 e. The Kier molecular flexibility index (Phi) is 17.9. The molecule has 0 aromatic heterocycles. The second-order valence-corrected chi connectivity index (χ2v) is 12.1. The van der Waals surface area contributed by atoms with Crippen LogP contribution in [0.25, 0.3) is 0 Å². The third kappa shape index (κ3) is 13.9. The summed E-state index contributed by atoms with van der Waals surface area (Å²) in [6, 6.07) is 6.24. The van der Waals surface area contributed by atoms with Crippen molar-refractivity contribution in [1.82, 2.24) is 0 Å². The second-order valence-electron chi connectivity index (χ2n) is 7.48. The van der Waals surface area contributed by atoms with E-state index in [1.165, 1.54) is 64.2 Å². The molecule has 1 aromatic rings. The molecule has 0 saturated carbocycles. The molecule has 1 aromatic carbocycles. The van der Waals surface area contributed by atoms with Crippen LogP contribution in [0, 0.1) is 0 Å². The molecule has 0 fully saturated rings. The van der Waals surface area contributed by atoms with Gasteiger partial charge < -0.3 is 33.9 Å². The Bertz CT molecular complexity index is 476. The summed E-state index contributed by atoms with van der Waals surface area (Å²) in [5, 5.41) is 0. The predicted octanol–water partition coefficient (Wildman–Crippen LogP) is 7.00. The van der Waals surface area contributed by atoms with Gasteiger partial charge in [0.2, 0.25) is 0 Å². The van der Waals surface area contributed by atoms with E-state index in [1.807, 2.05) is 0 Å². The first-order valence-corrected chi connectivity index (χ1v) is 14.5. The zero-order chi connectivity index (χ0) is 20.0. The summed E-state index contributed by atoms with van der Waals surface area (Å²) >= 11 is 9.80. The molecule has 0 bridgehead atoms. The number of aryl methyl sites for hydroxylation is 2. The van der Waals surface area contributed by atoms with Gasteiger partial charge in [-0.25, -0.2) is 0 Å². The summed E-state index contributed by atoms with van der Waals surface area (Å²) in [7, 11) is 0. The Morgan fingerprint density at radius 3 is 1.54 bits per heavy atom. The van der Waals surface area contributed by atoms with Crippen molar-refractivity contribution in [1.29, 1.82) is 0 Å². The molecular formula is C22H37O2PS2Zn. The van der Waals surface area contributed by atoms with Crippen molar-refractivity contribution in [3.05, 3.63) is 29.3 Å². The predicted molar refractivity (Wildman–Crippen MR) is 123 cm³/mol. The summed E-state index contributed by atoms with van der Waals surface area (Å²) in [6.07, 6.45) is 13.5. The maximum atomic E-state index is 12.0. The first-order chi connectivity index (χ1) is 13.0. The quantitative estimate of drug-likeness (QED) is 0.107. The van der Waals surface area contributed by atoms with Crippen LogP contribution >= 0.6 is 6.12 Å². The number of rotatable bonds is 16. The molecule has 0 N–H and O–H groups in total. The Morgan fingerprint density at radius 2 is 1.14 bits per heavy atom. The zero-order valence-corrected chi connectivity index (χ0v) is 23.4. The van der Waals surface area contributed by atoms with E-state index in [0.717, 1.165) is 36.8 Å². The van der Waals surface area contributed by atoms with Gasteiger partial charge in [0.1, 0.15) is 0 Å². The van der Waals surface area contributed by atoms with Gasteiger partial charge in [0.25, 0.3) is 0 Å². The van der Waals surface area contributed by atoms with Crippen LogP contribution in [0.5, 0.6) is 5.75 Å². The van der Waals surface area contributed by atoms with Crippen LogP contribution in [0.3, 0.4) is 0 Å². The molecular weight excluding hydrogens is 457 g/mol. The molecule has 1 rings (SSSR count). The first-order valence-electron chi connectivity index (χ1n) is 10.8. The molecule has 0 saturated heterocycles. The number of hydrogen-bond acceptors (Lipinski definition) is 4. The minimum Gasteiger partial charge on any atom is -0.682 e. The number of para-hydroxylation sites is 1. The van der Waals surface area contributed by atoms with Gasteiger partial charge in [-0.05, 0) is 36.8 Å². The molecule has 0 aliphatic heterocycles. The fourth-order valence-electron chi connectivity index (χ4n) is 3.45. The summed E-state index contributed by atoms with van der Waals surface area (Å²) in [6.45, 7) is 4.47. The van der Waals surface area contributed by atoms with E-state index in [0.29, 0.717) is 5.75 Å². The van der Waals surface area contributed by atoms with Crippen LogP contribution in [0.2, 0.25) is 0 Å². The summed E-state index contributed by atoms with van der Waals surface area (Å²) in [5.74, 6) is 0.716. The largest absolute Gasteiger partial charge is 2.00 e. The van der Waals surface area contributed by atoms with Gasteiger partial charge >= 0.3 is 19.5 Å². The standard InChI is InChI=1S/C22H39O2PS2.Zn/c1-3-5-7-9-11-13-16-20-18-15-19-21(22(20)24-25(23,26)27)17-14-12-10-8-6-4-2;/h15,18-19H,3-14,16-17H2,1-2H3,(H2,23,26,27);/q;+2/p-2. The van der Waals surface area contributed by atoms with Crippen molar-refractivity contribution in [2.45, 2.75) is 104 Å². The normalized spacial score (nSPS) is 11.3. The van der Waals surface area contributed by atoms with E-state index in [4.69, 9.17) is 29.0 Å². The van der Waals surface area contributed by atoms with Gasteiger partial charge in [-0.3, -0.25) is 0 Å². The maximum Gasteiger partial charge on any atom is 2.00 e. The monoisotopic (exact) mass is 492 g/mol. The van der Waals surface area contributed by atoms with Crippen LogP contribution in [-0.4, -0.2) is 0 Å². The topological polar surface area (TPSA) is 32.3 Å². The van der Waals surface area contributed by atoms with Gasteiger partial charge in [-0.2, -0.15) is 0 Å².